The van der Waals surface area contributed by atoms with Crippen LogP contribution in [0.4, 0.5) is 10.8 Å². The largest absolute Gasteiger partial charge is 0.313 e. The van der Waals surface area contributed by atoms with Crippen LogP contribution in [0.25, 0.3) is 0 Å². The van der Waals surface area contributed by atoms with Gasteiger partial charge in [0, 0.05) is 10.7 Å². The lowest BCUT2D eigenvalue weighted by Gasteiger charge is -2.22. The molecule has 0 aliphatic heterocycles. The number of hydrogen-bond donors (Lipinski definition) is 1. The third-order valence-electron chi connectivity index (χ3n) is 3.84. The number of amides is 1. The van der Waals surface area contributed by atoms with E-state index in [1.807, 2.05) is 16.9 Å². The third kappa shape index (κ3) is 5.49. The molecular weight excluding hydrogens is 467 g/mol. The number of thiazole rings is 1. The highest BCUT2D eigenvalue weighted by Gasteiger charge is 2.23. The average Bonchev–Trinajstić information content (AvgIpc) is 3.06. The van der Waals surface area contributed by atoms with Crippen LogP contribution in [0.5, 0.6) is 0 Å². The Bertz CT molecular complexity index is 1240. The second-order valence-corrected chi connectivity index (χ2v) is 9.96. The Morgan fingerprint density at radius 1 is 1.23 bits per heavy atom. The second-order valence-electron chi connectivity index (χ2n) is 6.20. The molecule has 0 aliphatic carbocycles. The van der Waals surface area contributed by atoms with E-state index in [9.17, 15) is 13.2 Å². The van der Waals surface area contributed by atoms with Crippen molar-refractivity contribution in [2.24, 2.45) is 0 Å². The Labute approximate surface area is 187 Å². The molecule has 0 saturated carbocycles. The van der Waals surface area contributed by atoms with Crippen molar-refractivity contribution >= 4 is 61.3 Å². The Balaban J connectivity index is 2.02. The molecule has 1 N–H and O–H groups in total. The van der Waals surface area contributed by atoms with Crippen molar-refractivity contribution in [3.05, 3.63) is 74.7 Å². The van der Waals surface area contributed by atoms with E-state index in [1.54, 1.807) is 41.3 Å². The molecule has 0 radical (unpaired) electrons. The zero-order chi connectivity index (χ0) is 21.9. The minimum absolute atomic E-state index is 0.0517. The van der Waals surface area contributed by atoms with Crippen LogP contribution >= 0.6 is 34.5 Å². The number of nitriles is 1. The van der Waals surface area contributed by atoms with Crippen molar-refractivity contribution in [3.63, 3.8) is 0 Å². The van der Waals surface area contributed by atoms with Crippen LogP contribution in [-0.2, 0) is 16.6 Å². The van der Waals surface area contributed by atoms with E-state index in [1.165, 1.54) is 0 Å². The topological polar surface area (TPSA) is 103 Å². The van der Waals surface area contributed by atoms with Crippen LogP contribution < -0.4 is 9.62 Å². The van der Waals surface area contributed by atoms with Gasteiger partial charge in [0.1, 0.15) is 4.34 Å². The number of carbonyl (C=O) groups is 1. The van der Waals surface area contributed by atoms with E-state index in [0.717, 1.165) is 23.2 Å². The van der Waals surface area contributed by atoms with Crippen molar-refractivity contribution in [1.82, 2.24) is 9.71 Å². The van der Waals surface area contributed by atoms with E-state index in [2.05, 4.69) is 11.1 Å². The first kappa shape index (κ1) is 22.1. The number of sulfonamides is 1. The van der Waals surface area contributed by atoms with Gasteiger partial charge in [-0.1, -0.05) is 46.7 Å². The number of benzene rings is 2. The van der Waals surface area contributed by atoms with E-state index >= 15 is 0 Å². The molecule has 3 aromatic rings. The number of nitrogens with one attached hydrogen (secondary N) is 1. The number of halogens is 2. The molecule has 0 aliphatic rings. The highest BCUT2D eigenvalue weighted by molar-refractivity contribution is 7.89. The fourth-order valence-corrected chi connectivity index (χ4v) is 4.36. The maximum absolute atomic E-state index is 12.2. The van der Waals surface area contributed by atoms with Crippen LogP contribution in [0.3, 0.4) is 0 Å². The monoisotopic (exact) mass is 480 g/mol. The zero-order valence-electron chi connectivity index (χ0n) is 15.5. The SMILES string of the molecule is CS(=O)(=O)NC(=O)c1nc(N(Cc2cccc(Cl)c2)c2ccc(C#N)cc2)sc1Cl. The molecule has 0 atom stereocenters. The fourth-order valence-electron chi connectivity index (χ4n) is 2.57. The molecule has 3 rings (SSSR count). The first-order valence-corrected chi connectivity index (χ1v) is 11.8. The molecule has 0 unspecified atom stereocenters. The summed E-state index contributed by atoms with van der Waals surface area (Å²) in [5, 5.41) is 9.99. The van der Waals surface area contributed by atoms with Crippen LogP contribution in [0.1, 0.15) is 21.6 Å². The van der Waals surface area contributed by atoms with Crippen molar-refractivity contribution < 1.29 is 13.2 Å². The minimum Gasteiger partial charge on any atom is -0.313 e. The molecule has 0 bridgehead atoms. The number of aromatic nitrogens is 1. The molecule has 2 aromatic carbocycles. The minimum atomic E-state index is -3.76. The number of carbonyl (C=O) groups excluding carboxylic acids is 1. The number of nitrogens with zero attached hydrogens (tertiary/aromatic N) is 3. The smallest absolute Gasteiger partial charge is 0.285 e. The summed E-state index contributed by atoms with van der Waals surface area (Å²) in [4.78, 5) is 18.3. The fraction of sp³-hybridized carbons (Fsp3) is 0.105. The molecule has 1 aromatic heterocycles. The third-order valence-corrected chi connectivity index (χ3v) is 5.90. The van der Waals surface area contributed by atoms with Gasteiger partial charge in [-0.2, -0.15) is 5.26 Å². The Morgan fingerprint density at radius 3 is 2.53 bits per heavy atom. The summed E-state index contributed by atoms with van der Waals surface area (Å²) in [6.45, 7) is 0.351. The molecule has 7 nitrogen and oxygen atoms in total. The summed E-state index contributed by atoms with van der Waals surface area (Å²) < 4.78 is 24.7. The zero-order valence-corrected chi connectivity index (χ0v) is 18.6. The molecule has 0 saturated heterocycles. The predicted molar refractivity (Wildman–Crippen MR) is 118 cm³/mol. The van der Waals surface area contributed by atoms with Gasteiger partial charge in [0.25, 0.3) is 5.91 Å². The number of hydrogen-bond acceptors (Lipinski definition) is 7. The van der Waals surface area contributed by atoms with Gasteiger partial charge in [0.05, 0.1) is 24.4 Å². The highest BCUT2D eigenvalue weighted by atomic mass is 35.5. The van der Waals surface area contributed by atoms with Gasteiger partial charge in [0.2, 0.25) is 10.0 Å². The summed E-state index contributed by atoms with van der Waals surface area (Å²) in [5.74, 6) is -0.910. The van der Waals surface area contributed by atoms with E-state index in [0.29, 0.717) is 27.9 Å². The number of anilines is 2. The van der Waals surface area contributed by atoms with Gasteiger partial charge in [-0.3, -0.25) is 4.79 Å². The van der Waals surface area contributed by atoms with Gasteiger partial charge < -0.3 is 4.90 Å². The van der Waals surface area contributed by atoms with Gasteiger partial charge in [-0.05, 0) is 42.0 Å². The predicted octanol–water partition coefficient (Wildman–Crippen LogP) is 4.35. The van der Waals surface area contributed by atoms with Crippen molar-refractivity contribution in [2.45, 2.75) is 6.54 Å². The molecule has 1 amide bonds. The lowest BCUT2D eigenvalue weighted by Crippen LogP contribution is -2.29. The quantitative estimate of drug-likeness (QED) is 0.562. The molecule has 30 heavy (non-hydrogen) atoms. The normalized spacial score (nSPS) is 11.0. The van der Waals surface area contributed by atoms with Crippen LogP contribution in [0.2, 0.25) is 9.36 Å². The average molecular weight is 481 g/mol. The van der Waals surface area contributed by atoms with Gasteiger partial charge in [-0.25, -0.2) is 18.1 Å². The van der Waals surface area contributed by atoms with E-state index < -0.39 is 15.9 Å². The lowest BCUT2D eigenvalue weighted by atomic mass is 10.2. The number of rotatable bonds is 6. The van der Waals surface area contributed by atoms with Crippen LogP contribution in [-0.4, -0.2) is 25.6 Å². The molecule has 0 fully saturated rings. The molecular formula is C19H14Cl2N4O3S2. The summed E-state index contributed by atoms with van der Waals surface area (Å²) in [6.07, 6.45) is 0.869. The van der Waals surface area contributed by atoms with E-state index in [4.69, 9.17) is 28.5 Å². The van der Waals surface area contributed by atoms with Crippen LogP contribution in [0.15, 0.2) is 48.5 Å². The summed E-state index contributed by atoms with van der Waals surface area (Å²) in [6, 6.07) is 16.1. The molecule has 1 heterocycles. The first-order chi connectivity index (χ1) is 14.2. The molecule has 0 spiro atoms. The summed E-state index contributed by atoms with van der Waals surface area (Å²) in [5.41, 5.74) is 1.88. The molecule has 154 valence electrons. The maximum Gasteiger partial charge on any atom is 0.285 e. The van der Waals surface area contributed by atoms with E-state index in [-0.39, 0.29) is 10.0 Å². The van der Waals surface area contributed by atoms with Gasteiger partial charge >= 0.3 is 0 Å². The van der Waals surface area contributed by atoms with Gasteiger partial charge in [0.15, 0.2) is 10.8 Å². The Hall–Kier alpha value is -2.64. The van der Waals surface area contributed by atoms with Crippen molar-refractivity contribution in [1.29, 1.82) is 5.26 Å². The lowest BCUT2D eigenvalue weighted by molar-refractivity contribution is 0.0977. The highest BCUT2D eigenvalue weighted by Crippen LogP contribution is 2.36. The Morgan fingerprint density at radius 2 is 1.93 bits per heavy atom. The summed E-state index contributed by atoms with van der Waals surface area (Å²) >= 11 is 13.3. The standard InChI is InChI=1S/C19H14Cl2N4O3S2/c1-30(27,28)24-18(26)16-17(21)29-19(23-16)25(11-13-3-2-4-14(20)9-13)15-7-5-12(10-22)6-8-15/h2-9H,11H2,1H3,(H,24,26). The van der Waals surface area contributed by atoms with Crippen LogP contribution in [0, 0.1) is 11.3 Å². The molecule has 11 heteroatoms. The Kier molecular flexibility index (Phi) is 6.63. The van der Waals surface area contributed by atoms with Crippen molar-refractivity contribution in [3.8, 4) is 6.07 Å². The van der Waals surface area contributed by atoms with Gasteiger partial charge in [-0.15, -0.1) is 0 Å². The second kappa shape index (κ2) is 9.02. The summed E-state index contributed by atoms with van der Waals surface area (Å²) in [7, 11) is -3.76. The maximum atomic E-state index is 12.2. The first-order valence-electron chi connectivity index (χ1n) is 8.37. The van der Waals surface area contributed by atoms with Crippen molar-refractivity contribution in [2.75, 3.05) is 11.2 Å².